The smallest absolute Gasteiger partial charge is 0.159 e. The third-order valence-corrected chi connectivity index (χ3v) is 1.49. The molecule has 1 atom stereocenters. The maximum atomic E-state index is 11.8. The number of aliphatic hydroxyl groups is 1. The summed E-state index contributed by atoms with van der Waals surface area (Å²) >= 11 is 3.12. The molecule has 0 bridgehead atoms. The van der Waals surface area contributed by atoms with E-state index in [0.29, 0.717) is 4.47 Å². The van der Waals surface area contributed by atoms with Crippen molar-refractivity contribution in [2.45, 2.75) is 6.10 Å². The van der Waals surface area contributed by atoms with E-state index >= 15 is 0 Å². The van der Waals surface area contributed by atoms with Gasteiger partial charge < -0.3 is 5.11 Å². The first-order valence-corrected chi connectivity index (χ1v) is 3.75. The Morgan fingerprint density at radius 1 is 1.55 bits per heavy atom. The van der Waals surface area contributed by atoms with Crippen LogP contribution in [0.25, 0.3) is 0 Å². The van der Waals surface area contributed by atoms with E-state index < -0.39 is 12.8 Å². The van der Waals surface area contributed by atoms with Crippen LogP contribution in [-0.2, 0) is 0 Å². The molecular weight excluding hydrogens is 215 g/mol. The van der Waals surface area contributed by atoms with Crippen LogP contribution in [0.15, 0.2) is 16.9 Å². The molecule has 0 aliphatic heterocycles. The van der Waals surface area contributed by atoms with Crippen LogP contribution in [-0.4, -0.2) is 21.7 Å². The van der Waals surface area contributed by atoms with Gasteiger partial charge in [0.1, 0.15) is 12.8 Å². The monoisotopic (exact) mass is 220 g/mol. The Labute approximate surface area is 71.4 Å². The summed E-state index contributed by atoms with van der Waals surface area (Å²) in [6.07, 6.45) is 1.71. The number of rotatable bonds is 2. The van der Waals surface area contributed by atoms with Gasteiger partial charge in [0.25, 0.3) is 0 Å². The first-order valence-electron chi connectivity index (χ1n) is 2.95. The van der Waals surface area contributed by atoms with Gasteiger partial charge in [0.15, 0.2) is 5.82 Å². The molecule has 0 spiro atoms. The van der Waals surface area contributed by atoms with Crippen LogP contribution in [0, 0.1) is 0 Å². The Bertz CT molecular complexity index is 229. The molecule has 1 aromatic heterocycles. The van der Waals surface area contributed by atoms with E-state index in [2.05, 4.69) is 25.9 Å². The number of hydrogen-bond acceptors (Lipinski definition) is 3. The summed E-state index contributed by atoms with van der Waals surface area (Å²) in [7, 11) is 0. The van der Waals surface area contributed by atoms with Gasteiger partial charge in [0.05, 0.1) is 4.47 Å². The van der Waals surface area contributed by atoms with Gasteiger partial charge in [-0.1, -0.05) is 0 Å². The molecular formula is C6H6BrFN2O. The van der Waals surface area contributed by atoms with Crippen LogP contribution in [0.3, 0.4) is 0 Å². The van der Waals surface area contributed by atoms with Gasteiger partial charge in [-0.3, -0.25) is 0 Å². The number of hydrogen-bond donors (Lipinski definition) is 1. The summed E-state index contributed by atoms with van der Waals surface area (Å²) in [5.74, 6) is 0.107. The average Bonchev–Trinajstić information content (AvgIpc) is 2.05. The molecule has 5 heteroatoms. The van der Waals surface area contributed by atoms with Crippen molar-refractivity contribution in [3.05, 3.63) is 22.7 Å². The molecule has 0 fully saturated rings. The molecule has 0 aliphatic carbocycles. The van der Waals surface area contributed by atoms with Crippen molar-refractivity contribution < 1.29 is 9.50 Å². The van der Waals surface area contributed by atoms with Gasteiger partial charge >= 0.3 is 0 Å². The van der Waals surface area contributed by atoms with E-state index in [4.69, 9.17) is 5.11 Å². The summed E-state index contributed by atoms with van der Waals surface area (Å²) in [4.78, 5) is 7.40. The van der Waals surface area contributed by atoms with Crippen LogP contribution in [0.1, 0.15) is 11.9 Å². The minimum atomic E-state index is -1.21. The van der Waals surface area contributed by atoms with Crippen molar-refractivity contribution in [3.8, 4) is 0 Å². The van der Waals surface area contributed by atoms with Crippen LogP contribution in [0.2, 0.25) is 0 Å². The Balaban J connectivity index is 2.81. The first kappa shape index (κ1) is 8.55. The number of nitrogens with zero attached hydrogens (tertiary/aromatic N) is 2. The molecule has 1 heterocycles. The zero-order valence-corrected chi connectivity index (χ0v) is 7.12. The van der Waals surface area contributed by atoms with E-state index in [0.717, 1.165) is 0 Å². The third-order valence-electron chi connectivity index (χ3n) is 1.08. The second kappa shape index (κ2) is 3.73. The summed E-state index contributed by atoms with van der Waals surface area (Å²) in [5, 5.41) is 8.90. The topological polar surface area (TPSA) is 46.0 Å². The molecule has 0 aliphatic rings. The van der Waals surface area contributed by atoms with E-state index in [9.17, 15) is 4.39 Å². The number of aromatic nitrogens is 2. The minimum Gasteiger partial charge on any atom is -0.382 e. The third kappa shape index (κ3) is 2.20. The largest absolute Gasteiger partial charge is 0.382 e. The Kier molecular flexibility index (Phi) is 2.90. The molecule has 60 valence electrons. The molecule has 0 aromatic carbocycles. The highest BCUT2D eigenvalue weighted by Gasteiger charge is 2.08. The fourth-order valence-electron chi connectivity index (χ4n) is 0.563. The van der Waals surface area contributed by atoms with Gasteiger partial charge in [0.2, 0.25) is 0 Å². The minimum absolute atomic E-state index is 0.107. The lowest BCUT2D eigenvalue weighted by Gasteiger charge is -2.02. The highest BCUT2D eigenvalue weighted by molar-refractivity contribution is 9.10. The van der Waals surface area contributed by atoms with E-state index in [-0.39, 0.29) is 5.82 Å². The lowest BCUT2D eigenvalue weighted by atomic mass is 10.4. The van der Waals surface area contributed by atoms with Crippen LogP contribution in [0.5, 0.6) is 0 Å². The van der Waals surface area contributed by atoms with Gasteiger partial charge in [-0.2, -0.15) is 0 Å². The lowest BCUT2D eigenvalue weighted by molar-refractivity contribution is 0.133. The van der Waals surface area contributed by atoms with Crippen LogP contribution >= 0.6 is 15.9 Å². The lowest BCUT2D eigenvalue weighted by Crippen LogP contribution is -2.04. The Morgan fingerprint density at radius 2 is 2.09 bits per heavy atom. The standard InChI is InChI=1S/C6H6BrFN2O/c7-4-2-9-6(10-3-4)5(11)1-8/h2-3,5,11H,1H2. The quantitative estimate of drug-likeness (QED) is 0.817. The second-order valence-corrected chi connectivity index (χ2v) is 2.85. The molecule has 0 saturated heterocycles. The summed E-state index contributed by atoms with van der Waals surface area (Å²) in [6, 6.07) is 0. The average molecular weight is 221 g/mol. The second-order valence-electron chi connectivity index (χ2n) is 1.93. The molecule has 1 unspecified atom stereocenters. The number of halogens is 2. The molecule has 3 nitrogen and oxygen atoms in total. The molecule has 0 saturated carbocycles. The zero-order valence-electron chi connectivity index (χ0n) is 5.54. The zero-order chi connectivity index (χ0) is 8.27. The molecule has 1 rings (SSSR count). The van der Waals surface area contributed by atoms with Crippen molar-refractivity contribution in [2.75, 3.05) is 6.67 Å². The van der Waals surface area contributed by atoms with E-state index in [1.807, 2.05) is 0 Å². The first-order chi connectivity index (χ1) is 5.24. The van der Waals surface area contributed by atoms with Gasteiger partial charge in [-0.05, 0) is 15.9 Å². The fourth-order valence-corrected chi connectivity index (χ4v) is 0.768. The molecule has 1 aromatic rings. The van der Waals surface area contributed by atoms with Gasteiger partial charge in [-0.25, -0.2) is 14.4 Å². The predicted molar refractivity (Wildman–Crippen MR) is 40.7 cm³/mol. The molecule has 0 radical (unpaired) electrons. The van der Waals surface area contributed by atoms with Gasteiger partial charge in [0, 0.05) is 12.4 Å². The van der Waals surface area contributed by atoms with Crippen LogP contribution in [0.4, 0.5) is 4.39 Å². The number of alkyl halides is 1. The van der Waals surface area contributed by atoms with Crippen molar-refractivity contribution in [3.63, 3.8) is 0 Å². The molecule has 1 N–H and O–H groups in total. The van der Waals surface area contributed by atoms with Crippen molar-refractivity contribution in [1.82, 2.24) is 9.97 Å². The normalized spacial score (nSPS) is 13.0. The Morgan fingerprint density at radius 3 is 2.55 bits per heavy atom. The summed E-state index contributed by atoms with van der Waals surface area (Å²) in [6.45, 7) is -0.859. The van der Waals surface area contributed by atoms with Crippen molar-refractivity contribution in [1.29, 1.82) is 0 Å². The predicted octanol–water partition coefficient (Wildman–Crippen LogP) is 1.24. The molecule has 11 heavy (non-hydrogen) atoms. The van der Waals surface area contributed by atoms with E-state index in [1.165, 1.54) is 12.4 Å². The van der Waals surface area contributed by atoms with Crippen LogP contribution < -0.4 is 0 Å². The molecule has 0 amide bonds. The Hall–Kier alpha value is -0.550. The maximum absolute atomic E-state index is 11.8. The van der Waals surface area contributed by atoms with Crippen molar-refractivity contribution in [2.24, 2.45) is 0 Å². The fraction of sp³-hybridized carbons (Fsp3) is 0.333. The highest BCUT2D eigenvalue weighted by Crippen LogP contribution is 2.10. The maximum Gasteiger partial charge on any atom is 0.159 e. The summed E-state index contributed by atoms with van der Waals surface area (Å²) in [5.41, 5.74) is 0. The van der Waals surface area contributed by atoms with Gasteiger partial charge in [-0.15, -0.1) is 0 Å². The van der Waals surface area contributed by atoms with Crippen molar-refractivity contribution >= 4 is 15.9 Å². The highest BCUT2D eigenvalue weighted by atomic mass is 79.9. The SMILES string of the molecule is OC(CF)c1ncc(Br)cn1. The summed E-state index contributed by atoms with van der Waals surface area (Å²) < 4.78 is 12.5. The number of aliphatic hydroxyl groups excluding tert-OH is 1. The van der Waals surface area contributed by atoms with E-state index in [1.54, 1.807) is 0 Å².